The zero-order chi connectivity index (χ0) is 38.1. The second-order valence-electron chi connectivity index (χ2n) is 14.4. The van der Waals surface area contributed by atoms with E-state index in [1.165, 1.54) is 77.0 Å². The first-order valence-electron chi connectivity index (χ1n) is 20.9. The summed E-state index contributed by atoms with van der Waals surface area (Å²) in [4.78, 5) is 25.2. The van der Waals surface area contributed by atoms with Crippen LogP contribution in [0.2, 0.25) is 0 Å². The summed E-state index contributed by atoms with van der Waals surface area (Å²) >= 11 is 0. The van der Waals surface area contributed by atoms with E-state index in [2.05, 4.69) is 38.2 Å². The molecule has 0 amide bonds. The van der Waals surface area contributed by atoms with Gasteiger partial charge in [-0.3, -0.25) is 9.59 Å². The number of rotatable bonds is 34. The summed E-state index contributed by atoms with van der Waals surface area (Å²) in [6.07, 6.45) is 27.5. The second-order valence-corrected chi connectivity index (χ2v) is 14.4. The summed E-state index contributed by atoms with van der Waals surface area (Å²) in [7, 11) is 0. The van der Waals surface area contributed by atoms with Gasteiger partial charge in [0.15, 0.2) is 12.4 Å². The van der Waals surface area contributed by atoms with Crippen molar-refractivity contribution in [3.05, 3.63) is 24.3 Å². The maximum absolute atomic E-state index is 12.7. The largest absolute Gasteiger partial charge is 0.462 e. The molecule has 0 aliphatic carbocycles. The van der Waals surface area contributed by atoms with Gasteiger partial charge in [0, 0.05) is 12.8 Å². The topological polar surface area (TPSA) is 152 Å². The molecule has 6 atom stereocenters. The Balaban J connectivity index is 2.37. The molecule has 0 aromatic rings. The Morgan fingerprint density at radius 1 is 0.596 bits per heavy atom. The van der Waals surface area contributed by atoms with Gasteiger partial charge in [-0.2, -0.15) is 0 Å². The molecule has 0 radical (unpaired) electrons. The lowest BCUT2D eigenvalue weighted by Crippen LogP contribution is -2.59. The molecule has 0 spiro atoms. The predicted octanol–water partition coefficient (Wildman–Crippen LogP) is 8.16. The van der Waals surface area contributed by atoms with Crippen LogP contribution < -0.4 is 0 Å². The number of aliphatic hydroxyl groups is 4. The van der Waals surface area contributed by atoms with Crippen molar-refractivity contribution in [3.8, 4) is 0 Å². The van der Waals surface area contributed by atoms with E-state index in [1.807, 2.05) is 0 Å². The fourth-order valence-electron chi connectivity index (χ4n) is 6.20. The van der Waals surface area contributed by atoms with Crippen molar-refractivity contribution in [2.24, 2.45) is 0 Å². The number of carbonyl (C=O) groups is 2. The quantitative estimate of drug-likeness (QED) is 0.0289. The Morgan fingerprint density at radius 3 is 1.65 bits per heavy atom. The van der Waals surface area contributed by atoms with Crippen molar-refractivity contribution >= 4 is 11.9 Å². The molecule has 0 aromatic heterocycles. The van der Waals surface area contributed by atoms with Crippen molar-refractivity contribution in [2.45, 2.75) is 211 Å². The van der Waals surface area contributed by atoms with Gasteiger partial charge >= 0.3 is 11.9 Å². The smallest absolute Gasteiger partial charge is 0.306 e. The Kier molecular flexibility index (Phi) is 31.3. The number of hydrogen-bond acceptors (Lipinski definition) is 10. The molecule has 0 aromatic carbocycles. The molecule has 52 heavy (non-hydrogen) atoms. The van der Waals surface area contributed by atoms with Crippen LogP contribution in [0, 0.1) is 0 Å². The molecule has 0 bridgehead atoms. The van der Waals surface area contributed by atoms with Crippen LogP contribution in [0.15, 0.2) is 24.3 Å². The van der Waals surface area contributed by atoms with E-state index < -0.39 is 49.4 Å². The average molecular weight is 741 g/mol. The molecule has 304 valence electrons. The molecule has 1 heterocycles. The first-order chi connectivity index (χ1) is 25.3. The van der Waals surface area contributed by atoms with E-state index >= 15 is 0 Å². The van der Waals surface area contributed by atoms with Crippen LogP contribution in [0.1, 0.15) is 174 Å². The average Bonchev–Trinajstić information content (AvgIpc) is 3.14. The molecule has 10 nitrogen and oxygen atoms in total. The minimum absolute atomic E-state index is 0.216. The van der Waals surface area contributed by atoms with E-state index in [9.17, 15) is 30.0 Å². The van der Waals surface area contributed by atoms with Gasteiger partial charge in [0.2, 0.25) is 0 Å². The Labute approximate surface area is 315 Å². The summed E-state index contributed by atoms with van der Waals surface area (Å²) in [6, 6.07) is 0. The highest BCUT2D eigenvalue weighted by Crippen LogP contribution is 2.22. The zero-order valence-electron chi connectivity index (χ0n) is 32.8. The van der Waals surface area contributed by atoms with Gasteiger partial charge < -0.3 is 39.4 Å². The lowest BCUT2D eigenvalue weighted by Gasteiger charge is -2.39. The fraction of sp³-hybridized carbons (Fsp3) is 0.857. The maximum atomic E-state index is 12.7. The van der Waals surface area contributed by atoms with Gasteiger partial charge in [-0.1, -0.05) is 147 Å². The second kappa shape index (κ2) is 33.7. The van der Waals surface area contributed by atoms with Crippen LogP contribution in [0.3, 0.4) is 0 Å². The molecular weight excluding hydrogens is 664 g/mol. The van der Waals surface area contributed by atoms with Crippen molar-refractivity contribution < 1.29 is 49.0 Å². The number of unbranched alkanes of at least 4 members (excludes halogenated alkanes) is 19. The van der Waals surface area contributed by atoms with Crippen LogP contribution >= 0.6 is 0 Å². The Hall–Kier alpha value is -1.82. The molecule has 1 saturated heterocycles. The number of hydrogen-bond donors (Lipinski definition) is 4. The van der Waals surface area contributed by atoms with E-state index in [1.54, 1.807) is 0 Å². The summed E-state index contributed by atoms with van der Waals surface area (Å²) in [5.41, 5.74) is 0. The number of aliphatic hydroxyl groups excluding tert-OH is 4. The SMILES string of the molecule is CCCC/C=C/C/C=C/CCCCCCCC(=O)O[C@@H](COC(=O)CCCCCCCCCCCCCCC)CO[C@H]1O[C@@H](CO)[C@@H](O)C(O)C1O. The molecule has 1 aliphatic heterocycles. The first-order valence-corrected chi connectivity index (χ1v) is 20.9. The molecule has 4 N–H and O–H groups in total. The predicted molar refractivity (Wildman–Crippen MR) is 206 cm³/mol. The van der Waals surface area contributed by atoms with Crippen LogP contribution in [0.4, 0.5) is 0 Å². The number of allylic oxidation sites excluding steroid dienone is 4. The van der Waals surface area contributed by atoms with Crippen LogP contribution in [0.25, 0.3) is 0 Å². The zero-order valence-corrected chi connectivity index (χ0v) is 32.8. The van der Waals surface area contributed by atoms with Gasteiger partial charge in [0.25, 0.3) is 0 Å². The van der Waals surface area contributed by atoms with Gasteiger partial charge in [-0.05, 0) is 38.5 Å². The van der Waals surface area contributed by atoms with Crippen LogP contribution in [-0.2, 0) is 28.5 Å². The van der Waals surface area contributed by atoms with E-state index in [-0.39, 0.29) is 32.0 Å². The highest BCUT2D eigenvalue weighted by atomic mass is 16.7. The van der Waals surface area contributed by atoms with Gasteiger partial charge in [-0.25, -0.2) is 0 Å². The minimum Gasteiger partial charge on any atom is -0.462 e. The Morgan fingerprint density at radius 2 is 1.10 bits per heavy atom. The molecule has 1 fully saturated rings. The maximum Gasteiger partial charge on any atom is 0.306 e. The third-order valence-electron chi connectivity index (χ3n) is 9.59. The summed E-state index contributed by atoms with van der Waals surface area (Å²) in [5, 5.41) is 40.0. The van der Waals surface area contributed by atoms with Crippen LogP contribution in [-0.4, -0.2) is 89.0 Å². The van der Waals surface area contributed by atoms with Crippen molar-refractivity contribution in [2.75, 3.05) is 19.8 Å². The fourth-order valence-corrected chi connectivity index (χ4v) is 6.20. The van der Waals surface area contributed by atoms with Crippen LogP contribution in [0.5, 0.6) is 0 Å². The molecule has 10 heteroatoms. The summed E-state index contributed by atoms with van der Waals surface area (Å²) < 4.78 is 22.1. The summed E-state index contributed by atoms with van der Waals surface area (Å²) in [5.74, 6) is -0.819. The number of ether oxygens (including phenoxy) is 4. The van der Waals surface area contributed by atoms with Gasteiger partial charge in [-0.15, -0.1) is 0 Å². The number of esters is 2. The lowest BCUT2D eigenvalue weighted by molar-refractivity contribution is -0.305. The first kappa shape index (κ1) is 48.2. The molecule has 0 saturated carbocycles. The van der Waals surface area contributed by atoms with Crippen molar-refractivity contribution in [3.63, 3.8) is 0 Å². The number of carbonyl (C=O) groups excluding carboxylic acids is 2. The summed E-state index contributed by atoms with van der Waals surface area (Å²) in [6.45, 7) is 3.36. The lowest BCUT2D eigenvalue weighted by atomic mass is 9.99. The highest BCUT2D eigenvalue weighted by Gasteiger charge is 2.44. The third-order valence-corrected chi connectivity index (χ3v) is 9.59. The van der Waals surface area contributed by atoms with E-state index in [0.717, 1.165) is 64.2 Å². The van der Waals surface area contributed by atoms with E-state index in [0.29, 0.717) is 6.42 Å². The van der Waals surface area contributed by atoms with E-state index in [4.69, 9.17) is 18.9 Å². The highest BCUT2D eigenvalue weighted by molar-refractivity contribution is 5.70. The third kappa shape index (κ3) is 25.2. The molecule has 1 aliphatic rings. The normalized spacial score (nSPS) is 21.2. The van der Waals surface area contributed by atoms with Gasteiger partial charge in [0.1, 0.15) is 31.0 Å². The minimum atomic E-state index is -1.59. The van der Waals surface area contributed by atoms with Gasteiger partial charge in [0.05, 0.1) is 13.2 Å². The Bertz CT molecular complexity index is 907. The molecule has 1 rings (SSSR count). The van der Waals surface area contributed by atoms with Crippen molar-refractivity contribution in [1.82, 2.24) is 0 Å². The molecular formula is C42H76O10. The standard InChI is InChI=1S/C42H76O10/c1-3-5-7-9-11-13-15-17-19-21-23-25-27-29-31-38(45)51-35(34-50-42-41(48)40(47)39(46)36(32-43)52-42)33-49-37(44)30-28-26-24-22-20-18-16-14-12-10-8-6-4-2/h9,11,15,17,35-36,39-43,46-48H,3-8,10,12-14,16,18-34H2,1-2H3/b11-9+,17-15+/t35-,36-,39+,40?,41?,42-/m0/s1. The molecule has 2 unspecified atom stereocenters. The monoisotopic (exact) mass is 741 g/mol. The van der Waals surface area contributed by atoms with Crippen molar-refractivity contribution in [1.29, 1.82) is 0 Å².